The summed E-state index contributed by atoms with van der Waals surface area (Å²) in [5.74, 6) is -0.805. The Morgan fingerprint density at radius 3 is 2.65 bits per heavy atom. The van der Waals surface area contributed by atoms with Gasteiger partial charge in [-0.1, -0.05) is 34.6 Å². The summed E-state index contributed by atoms with van der Waals surface area (Å²) in [6.45, 7) is 8.93. The Bertz CT molecular complexity index is 2030. The molecule has 24 heteroatoms. The quantitative estimate of drug-likeness (QED) is 0.0679. The molecule has 2 aliphatic rings. The smallest absolute Gasteiger partial charge is 0.408 e. The monoisotopic (exact) mass is 870 g/mol. The van der Waals surface area contributed by atoms with Gasteiger partial charge in [0.2, 0.25) is 11.9 Å². The minimum Gasteiger partial charge on any atom is -0.408 e. The molecule has 57 heavy (non-hydrogen) atoms. The fourth-order valence-electron chi connectivity index (χ4n) is 6.13. The van der Waals surface area contributed by atoms with Crippen molar-refractivity contribution in [2.24, 2.45) is 11.8 Å². The molecule has 312 valence electrons. The predicted octanol–water partition coefficient (Wildman–Crippen LogP) is 4.27. The second-order valence-electron chi connectivity index (χ2n) is 15.6. The lowest BCUT2D eigenvalue weighted by atomic mass is 10.1. The first kappa shape index (κ1) is 44.9. The Balaban J connectivity index is 1.52. The van der Waals surface area contributed by atoms with E-state index in [0.717, 1.165) is 0 Å². The van der Waals surface area contributed by atoms with Crippen LogP contribution < -0.4 is 16.2 Å². The maximum atomic E-state index is 13.2. The third-order valence-electron chi connectivity index (χ3n) is 10.1. The zero-order chi connectivity index (χ0) is 41.7. The van der Waals surface area contributed by atoms with Gasteiger partial charge in [-0.25, -0.2) is 15.0 Å². The van der Waals surface area contributed by atoms with E-state index in [0.29, 0.717) is 18.7 Å². The van der Waals surface area contributed by atoms with E-state index in [1.54, 1.807) is 26.1 Å². The molecule has 4 heterocycles. The molecule has 1 saturated heterocycles. The van der Waals surface area contributed by atoms with Crippen LogP contribution in [-0.2, 0) is 48.4 Å². The van der Waals surface area contributed by atoms with Crippen molar-refractivity contribution in [3.05, 3.63) is 35.3 Å². The number of carbonyl (C=O) groups excluding carboxylic acids is 1. The van der Waals surface area contributed by atoms with Crippen molar-refractivity contribution in [1.82, 2.24) is 29.5 Å². The molecule has 0 radical (unpaired) electrons. The van der Waals surface area contributed by atoms with Gasteiger partial charge in [0, 0.05) is 28.6 Å². The fourth-order valence-corrected chi connectivity index (χ4v) is 10.1. The molecule has 20 nitrogen and oxygen atoms in total. The number of carbonyl (C=O) groups is 1. The SMILES string of the molecule is CC(C)C(=O)Nc1nc2c(ncn2[C@@H]2O[C@H](CO)C(O[Si](C)(C)C(C)(C)C)[C@H]2OP(=S)(OCCC#N)OC[C@H]2C[C@@H](Nc3ccncn3)C[C@@H]2O[P+](=O)O)c(=O)[nH]1. The Morgan fingerprint density at radius 1 is 1.26 bits per heavy atom. The van der Waals surface area contributed by atoms with Gasteiger partial charge < -0.3 is 28.6 Å². The van der Waals surface area contributed by atoms with Crippen molar-refractivity contribution in [2.75, 3.05) is 30.5 Å². The molecule has 3 aromatic heterocycles. The molecule has 0 spiro atoms. The number of imidazole rings is 1. The molecule has 5 rings (SSSR count). The molecule has 1 aliphatic heterocycles. The highest BCUT2D eigenvalue weighted by atomic mass is 32.5. The molecule has 3 aromatic rings. The number of aromatic amines is 1. The zero-order valence-corrected chi connectivity index (χ0v) is 36.3. The van der Waals surface area contributed by atoms with E-state index in [-0.39, 0.29) is 53.7 Å². The molecular weight excluding hydrogens is 821 g/mol. The van der Waals surface area contributed by atoms with E-state index < -0.39 is 77.9 Å². The number of aliphatic hydroxyl groups is 1. The number of nitriles is 1. The van der Waals surface area contributed by atoms with E-state index in [9.17, 15) is 29.4 Å². The van der Waals surface area contributed by atoms with Crippen molar-refractivity contribution < 1.29 is 46.6 Å². The number of ether oxygens (including phenoxy) is 1. The van der Waals surface area contributed by atoms with Gasteiger partial charge in [-0.05, 0) is 48.8 Å². The van der Waals surface area contributed by atoms with Gasteiger partial charge >= 0.3 is 15.0 Å². The molecule has 0 bridgehead atoms. The number of fused-ring (bicyclic) bond motifs is 1. The number of anilines is 2. The summed E-state index contributed by atoms with van der Waals surface area (Å²) in [7, 11) is -5.60. The second-order valence-corrected chi connectivity index (χ2v) is 24.0. The lowest BCUT2D eigenvalue weighted by Gasteiger charge is -2.41. The summed E-state index contributed by atoms with van der Waals surface area (Å²) >= 11 is 6.03. The van der Waals surface area contributed by atoms with Crippen LogP contribution in [0.1, 0.15) is 60.1 Å². The lowest BCUT2D eigenvalue weighted by Crippen LogP contribution is -2.50. The highest BCUT2D eigenvalue weighted by Gasteiger charge is 2.54. The number of hydrogen-bond donors (Lipinski definition) is 5. The van der Waals surface area contributed by atoms with Crippen molar-refractivity contribution >= 4 is 63.9 Å². The summed E-state index contributed by atoms with van der Waals surface area (Å²) in [5.41, 5.74) is -0.651. The third-order valence-corrected chi connectivity index (χ3v) is 17.4. The summed E-state index contributed by atoms with van der Waals surface area (Å²) in [6.07, 6.45) is 0.0256. The number of aromatic nitrogens is 6. The number of hydrogen-bond acceptors (Lipinski definition) is 17. The van der Waals surface area contributed by atoms with E-state index in [1.165, 1.54) is 17.2 Å². The van der Waals surface area contributed by atoms with Crippen LogP contribution in [0.2, 0.25) is 18.1 Å². The Labute approximate surface area is 336 Å². The molecule has 9 atom stereocenters. The maximum absolute atomic E-state index is 13.2. The first-order valence-electron chi connectivity index (χ1n) is 18.4. The van der Waals surface area contributed by atoms with Gasteiger partial charge in [0.05, 0.1) is 38.6 Å². The average molecular weight is 871 g/mol. The number of H-pyrrole nitrogens is 1. The highest BCUT2D eigenvalue weighted by molar-refractivity contribution is 8.07. The molecule has 1 aliphatic carbocycles. The largest absolute Gasteiger partial charge is 0.695 e. The van der Waals surface area contributed by atoms with Crippen LogP contribution in [0.5, 0.6) is 0 Å². The molecule has 0 aromatic carbocycles. The van der Waals surface area contributed by atoms with E-state index >= 15 is 0 Å². The summed E-state index contributed by atoms with van der Waals surface area (Å²) in [5, 5.41) is 25.7. The summed E-state index contributed by atoms with van der Waals surface area (Å²) in [4.78, 5) is 54.9. The molecule has 2 fully saturated rings. The van der Waals surface area contributed by atoms with Crippen molar-refractivity contribution in [3.8, 4) is 6.07 Å². The Kier molecular flexibility index (Phi) is 14.8. The molecule has 3 unspecified atom stereocenters. The number of nitrogens with zero attached hydrogens (tertiary/aromatic N) is 6. The van der Waals surface area contributed by atoms with Crippen LogP contribution in [0.25, 0.3) is 11.2 Å². The van der Waals surface area contributed by atoms with Crippen LogP contribution >= 0.6 is 15.0 Å². The van der Waals surface area contributed by atoms with Crippen LogP contribution in [0, 0.1) is 23.2 Å². The van der Waals surface area contributed by atoms with Crippen molar-refractivity contribution in [1.29, 1.82) is 5.26 Å². The summed E-state index contributed by atoms with van der Waals surface area (Å²) in [6, 6.07) is 3.50. The maximum Gasteiger partial charge on any atom is 0.695 e. The number of nitrogens with one attached hydrogen (secondary N) is 3. The average Bonchev–Trinajstić information content (AvgIpc) is 3.82. The van der Waals surface area contributed by atoms with Crippen LogP contribution in [0.4, 0.5) is 11.8 Å². The number of aliphatic hydroxyl groups excluding tert-OH is 1. The Hall–Kier alpha value is -3.16. The molecule has 1 amide bonds. The first-order valence-corrected chi connectivity index (χ1v) is 25.0. The van der Waals surface area contributed by atoms with Crippen molar-refractivity contribution in [2.45, 2.75) is 109 Å². The van der Waals surface area contributed by atoms with E-state index in [1.807, 2.05) is 19.2 Å². The summed E-state index contributed by atoms with van der Waals surface area (Å²) < 4.78 is 51.2. The minimum absolute atomic E-state index is 0.0342. The van der Waals surface area contributed by atoms with Gasteiger partial charge in [-0.2, -0.15) is 10.2 Å². The van der Waals surface area contributed by atoms with Gasteiger partial charge in [0.1, 0.15) is 36.6 Å². The highest BCUT2D eigenvalue weighted by Crippen LogP contribution is 2.56. The van der Waals surface area contributed by atoms with Crippen LogP contribution in [0.3, 0.4) is 0 Å². The lowest BCUT2D eigenvalue weighted by molar-refractivity contribution is -0.118. The normalized spacial score (nSPS) is 25.4. The van der Waals surface area contributed by atoms with Crippen LogP contribution in [-0.4, -0.2) is 104 Å². The van der Waals surface area contributed by atoms with Gasteiger partial charge in [0.15, 0.2) is 25.7 Å². The zero-order valence-electron chi connectivity index (χ0n) is 32.7. The number of amides is 1. The first-order chi connectivity index (χ1) is 26.8. The van der Waals surface area contributed by atoms with E-state index in [4.69, 9.17) is 39.1 Å². The topological polar surface area (TPSA) is 267 Å². The fraction of sp³-hybridized carbons (Fsp3) is 0.667. The number of rotatable bonds is 18. The van der Waals surface area contributed by atoms with Crippen molar-refractivity contribution in [3.63, 3.8) is 0 Å². The van der Waals surface area contributed by atoms with Gasteiger partial charge in [0.25, 0.3) is 5.56 Å². The Morgan fingerprint density at radius 2 is 2.02 bits per heavy atom. The predicted molar refractivity (Wildman–Crippen MR) is 213 cm³/mol. The van der Waals surface area contributed by atoms with Crippen LogP contribution in [0.15, 0.2) is 29.7 Å². The third kappa shape index (κ3) is 11.1. The standard InChI is InChI=1S/C33H49N9O11P2SSi/c1-19(2)29(44)40-32-39-28-25(30(45)41-32)37-18-42(28)31-27(26(23(15-43)50-31)53-57(6,7)33(3,4)5)52-55(56,48-12-8-10-34)49-16-20-13-21(14-22(20)51-54(46)47)38-24-9-11-35-17-36-24/h9,11,17-23,26-27,31,43H,8,12-16H2,1-7H3,(H3-,35,36,38,39,40,41,44,45,46,47)/p+1/t20-,21-,22+,23-,26?,27-,31-,55?/m1/s1. The van der Waals surface area contributed by atoms with Gasteiger partial charge in [-0.3, -0.25) is 29.0 Å². The molecular formula is C33H50N9O11P2SSi+. The molecule has 1 saturated carbocycles. The van der Waals surface area contributed by atoms with E-state index in [2.05, 4.69) is 56.3 Å². The minimum atomic E-state index is -3.88. The molecule has 5 N–H and O–H groups in total. The van der Waals surface area contributed by atoms with Gasteiger partial charge in [-0.15, -0.1) is 9.42 Å². The second kappa shape index (κ2) is 18.8.